The number of amides is 2. The summed E-state index contributed by atoms with van der Waals surface area (Å²) >= 11 is 0. The summed E-state index contributed by atoms with van der Waals surface area (Å²) in [5, 5.41) is 2.84. The van der Waals surface area contributed by atoms with Gasteiger partial charge in [0, 0.05) is 38.4 Å². The molecule has 3 rings (SSSR count). The first-order valence-electron chi connectivity index (χ1n) is 8.23. The zero-order chi connectivity index (χ0) is 17.3. The van der Waals surface area contributed by atoms with E-state index in [1.807, 2.05) is 39.1 Å². The van der Waals surface area contributed by atoms with E-state index in [1.54, 1.807) is 15.5 Å². The topological polar surface area (TPSA) is 70.0 Å². The van der Waals surface area contributed by atoms with Gasteiger partial charge in [-0.05, 0) is 33.0 Å². The number of fused-ring (bicyclic) bond motifs is 1. The second kappa shape index (κ2) is 6.60. The Morgan fingerprint density at radius 3 is 2.54 bits per heavy atom. The van der Waals surface area contributed by atoms with E-state index in [4.69, 9.17) is 0 Å². The van der Waals surface area contributed by atoms with E-state index in [9.17, 15) is 9.59 Å². The van der Waals surface area contributed by atoms with Crippen molar-refractivity contribution in [1.82, 2.24) is 24.5 Å². The van der Waals surface area contributed by atoms with Gasteiger partial charge in [-0.3, -0.25) is 14.0 Å². The van der Waals surface area contributed by atoms with Crippen molar-refractivity contribution in [2.24, 2.45) is 0 Å². The van der Waals surface area contributed by atoms with Gasteiger partial charge >= 0.3 is 0 Å². The number of hydrogen-bond donors (Lipinski definition) is 1. The largest absolute Gasteiger partial charge is 0.348 e. The molecule has 0 spiro atoms. The van der Waals surface area contributed by atoms with Gasteiger partial charge in [0.2, 0.25) is 5.82 Å². The van der Waals surface area contributed by atoms with Gasteiger partial charge in [0.25, 0.3) is 11.8 Å². The molecule has 0 saturated carbocycles. The van der Waals surface area contributed by atoms with Crippen LogP contribution in [0, 0.1) is 0 Å². The van der Waals surface area contributed by atoms with E-state index in [-0.39, 0.29) is 17.9 Å². The molecule has 0 unspecified atom stereocenters. The van der Waals surface area contributed by atoms with Gasteiger partial charge < -0.3 is 15.1 Å². The van der Waals surface area contributed by atoms with Gasteiger partial charge in [-0.15, -0.1) is 0 Å². The molecule has 1 aliphatic rings. The first kappa shape index (κ1) is 16.4. The molecule has 7 heteroatoms. The first-order valence-corrected chi connectivity index (χ1v) is 8.23. The molecular weight excluding hydrogens is 306 g/mol. The highest BCUT2D eigenvalue weighted by Crippen LogP contribution is 2.16. The molecule has 0 bridgehead atoms. The zero-order valence-corrected chi connectivity index (χ0v) is 14.3. The fourth-order valence-electron chi connectivity index (χ4n) is 2.84. The van der Waals surface area contributed by atoms with Crippen LogP contribution < -0.4 is 5.32 Å². The number of piperazine rings is 1. The summed E-state index contributed by atoms with van der Waals surface area (Å²) in [5.41, 5.74) is 0.940. The van der Waals surface area contributed by atoms with Crippen molar-refractivity contribution in [3.05, 3.63) is 35.9 Å². The Labute approximate surface area is 141 Å². The highest BCUT2D eigenvalue weighted by molar-refractivity contribution is 6.02. The van der Waals surface area contributed by atoms with E-state index < -0.39 is 0 Å². The van der Waals surface area contributed by atoms with Crippen molar-refractivity contribution < 1.29 is 9.59 Å². The third-order valence-corrected chi connectivity index (χ3v) is 4.17. The van der Waals surface area contributed by atoms with Crippen LogP contribution in [0.5, 0.6) is 0 Å². The van der Waals surface area contributed by atoms with Gasteiger partial charge in [0.15, 0.2) is 5.69 Å². The van der Waals surface area contributed by atoms with Gasteiger partial charge in [0.1, 0.15) is 0 Å². The summed E-state index contributed by atoms with van der Waals surface area (Å²) < 4.78 is 1.70. The SMILES string of the molecule is CC(C)NC(=O)c1nc(C(=O)N2CCN(C)CC2)n2ccccc12. The molecule has 2 amide bonds. The molecule has 128 valence electrons. The number of rotatable bonds is 3. The second-order valence-corrected chi connectivity index (χ2v) is 6.46. The van der Waals surface area contributed by atoms with Crippen molar-refractivity contribution in [3.8, 4) is 0 Å². The smallest absolute Gasteiger partial charge is 0.290 e. The van der Waals surface area contributed by atoms with Crippen LogP contribution in [-0.2, 0) is 0 Å². The van der Waals surface area contributed by atoms with E-state index in [1.165, 1.54) is 0 Å². The normalized spacial score (nSPS) is 15.9. The zero-order valence-electron chi connectivity index (χ0n) is 14.3. The van der Waals surface area contributed by atoms with Crippen LogP contribution in [0.1, 0.15) is 35.0 Å². The summed E-state index contributed by atoms with van der Waals surface area (Å²) in [6.45, 7) is 6.82. The molecule has 0 aromatic carbocycles. The number of carbonyl (C=O) groups excluding carboxylic acids is 2. The van der Waals surface area contributed by atoms with Crippen LogP contribution in [0.2, 0.25) is 0 Å². The molecular formula is C17H23N5O2. The molecule has 2 aromatic rings. The minimum Gasteiger partial charge on any atom is -0.348 e. The standard InChI is InChI=1S/C17H23N5O2/c1-12(2)18-16(23)14-13-6-4-5-7-22(13)15(19-14)17(24)21-10-8-20(3)9-11-21/h4-7,12H,8-11H2,1-3H3,(H,18,23). The Morgan fingerprint density at radius 2 is 1.88 bits per heavy atom. The molecule has 2 aromatic heterocycles. The number of nitrogens with one attached hydrogen (secondary N) is 1. The van der Waals surface area contributed by atoms with Gasteiger partial charge in [-0.1, -0.05) is 6.07 Å². The lowest BCUT2D eigenvalue weighted by Crippen LogP contribution is -2.47. The van der Waals surface area contributed by atoms with Crippen LogP contribution in [0.15, 0.2) is 24.4 Å². The first-order chi connectivity index (χ1) is 11.5. The fourth-order valence-corrected chi connectivity index (χ4v) is 2.84. The summed E-state index contributed by atoms with van der Waals surface area (Å²) in [6, 6.07) is 5.49. The van der Waals surface area contributed by atoms with E-state index >= 15 is 0 Å². The highest BCUT2D eigenvalue weighted by atomic mass is 16.2. The van der Waals surface area contributed by atoms with Crippen molar-refractivity contribution in [1.29, 1.82) is 0 Å². The predicted molar refractivity (Wildman–Crippen MR) is 91.2 cm³/mol. The molecule has 1 fully saturated rings. The number of imidazole rings is 1. The van der Waals surface area contributed by atoms with Crippen molar-refractivity contribution in [2.45, 2.75) is 19.9 Å². The molecule has 0 radical (unpaired) electrons. The Bertz CT molecular complexity index is 759. The third kappa shape index (κ3) is 3.12. The number of pyridine rings is 1. The maximum absolute atomic E-state index is 12.9. The average molecular weight is 329 g/mol. The molecule has 3 heterocycles. The summed E-state index contributed by atoms with van der Waals surface area (Å²) in [5.74, 6) is -0.0944. The number of hydrogen-bond acceptors (Lipinski definition) is 4. The van der Waals surface area contributed by atoms with Crippen LogP contribution in [0.3, 0.4) is 0 Å². The summed E-state index contributed by atoms with van der Waals surface area (Å²) in [4.78, 5) is 33.6. The summed E-state index contributed by atoms with van der Waals surface area (Å²) in [6.07, 6.45) is 1.78. The molecule has 1 aliphatic heterocycles. The Hall–Kier alpha value is -2.41. The lowest BCUT2D eigenvalue weighted by Gasteiger charge is -2.31. The van der Waals surface area contributed by atoms with Crippen LogP contribution in [-0.4, -0.2) is 70.3 Å². The maximum Gasteiger partial charge on any atom is 0.290 e. The lowest BCUT2D eigenvalue weighted by molar-refractivity contribution is 0.0651. The third-order valence-electron chi connectivity index (χ3n) is 4.17. The Balaban J connectivity index is 1.96. The molecule has 0 atom stereocenters. The van der Waals surface area contributed by atoms with E-state index in [0.717, 1.165) is 13.1 Å². The second-order valence-electron chi connectivity index (χ2n) is 6.46. The van der Waals surface area contributed by atoms with Crippen LogP contribution in [0.25, 0.3) is 5.52 Å². The van der Waals surface area contributed by atoms with Crippen molar-refractivity contribution in [2.75, 3.05) is 33.2 Å². The molecule has 1 N–H and O–H groups in total. The van der Waals surface area contributed by atoms with Gasteiger partial charge in [-0.2, -0.15) is 0 Å². The fraction of sp³-hybridized carbons (Fsp3) is 0.471. The number of carbonyl (C=O) groups is 2. The Morgan fingerprint density at radius 1 is 1.17 bits per heavy atom. The minimum absolute atomic E-state index is 0.00902. The monoisotopic (exact) mass is 329 g/mol. The number of likely N-dealkylation sites (N-methyl/N-ethyl adjacent to an activating group) is 1. The summed E-state index contributed by atoms with van der Waals surface area (Å²) in [7, 11) is 2.04. The van der Waals surface area contributed by atoms with E-state index in [2.05, 4.69) is 15.2 Å². The van der Waals surface area contributed by atoms with Crippen LogP contribution in [0.4, 0.5) is 0 Å². The number of aromatic nitrogens is 2. The molecule has 0 aliphatic carbocycles. The Kier molecular flexibility index (Phi) is 4.53. The van der Waals surface area contributed by atoms with Crippen molar-refractivity contribution in [3.63, 3.8) is 0 Å². The van der Waals surface area contributed by atoms with E-state index in [0.29, 0.717) is 30.1 Å². The van der Waals surface area contributed by atoms with Gasteiger partial charge in [-0.25, -0.2) is 4.98 Å². The van der Waals surface area contributed by atoms with Crippen molar-refractivity contribution >= 4 is 17.3 Å². The van der Waals surface area contributed by atoms with Crippen LogP contribution >= 0.6 is 0 Å². The minimum atomic E-state index is -0.258. The highest BCUT2D eigenvalue weighted by Gasteiger charge is 2.27. The molecule has 7 nitrogen and oxygen atoms in total. The maximum atomic E-state index is 12.9. The number of nitrogens with zero attached hydrogens (tertiary/aromatic N) is 4. The quantitative estimate of drug-likeness (QED) is 0.907. The van der Waals surface area contributed by atoms with Gasteiger partial charge in [0.05, 0.1) is 5.52 Å². The lowest BCUT2D eigenvalue weighted by atomic mass is 10.3. The molecule has 1 saturated heterocycles. The molecule has 24 heavy (non-hydrogen) atoms. The predicted octanol–water partition coefficient (Wildman–Crippen LogP) is 0.860. The average Bonchev–Trinajstić information content (AvgIpc) is 2.94.